The fourth-order valence-corrected chi connectivity index (χ4v) is 5.95. The van der Waals surface area contributed by atoms with Crippen LogP contribution in [0, 0.1) is 0 Å². The standard InChI is InChI=1S/C27H27NO5S2/c1-32-22-13-16-24-26(18-22)34-27(28-24)25(29)19-33-21-11-14-23(15-12-21)35(30,31)17-7-3-6-10-20-8-4-2-5-9-20/h2,4-5,8-9,11-16,18H,3,6-7,10,17,19H2,1H3. The Kier molecular flexibility index (Phi) is 8.15. The normalized spacial score (nSPS) is 11.5. The number of ether oxygens (including phenoxy) is 2. The Morgan fingerprint density at radius 2 is 1.66 bits per heavy atom. The number of nitrogens with zero attached hydrogens (tertiary/aromatic N) is 1. The Morgan fingerprint density at radius 3 is 2.40 bits per heavy atom. The van der Waals surface area contributed by atoms with Crippen molar-refractivity contribution in [1.82, 2.24) is 4.98 Å². The van der Waals surface area contributed by atoms with Gasteiger partial charge in [0.1, 0.15) is 11.5 Å². The fourth-order valence-electron chi connectivity index (χ4n) is 3.67. The number of sulfone groups is 1. The summed E-state index contributed by atoms with van der Waals surface area (Å²) in [4.78, 5) is 17.1. The highest BCUT2D eigenvalue weighted by molar-refractivity contribution is 7.91. The molecule has 4 aromatic rings. The van der Waals surface area contributed by atoms with Crippen molar-refractivity contribution in [3.8, 4) is 11.5 Å². The molecule has 0 bridgehead atoms. The lowest BCUT2D eigenvalue weighted by atomic mass is 10.1. The molecule has 0 atom stereocenters. The number of rotatable bonds is 12. The van der Waals surface area contributed by atoms with Crippen LogP contribution in [0.25, 0.3) is 10.2 Å². The van der Waals surface area contributed by atoms with Gasteiger partial charge in [0.15, 0.2) is 21.5 Å². The molecule has 0 aliphatic heterocycles. The summed E-state index contributed by atoms with van der Waals surface area (Å²) in [7, 11) is -1.77. The molecule has 0 N–H and O–H groups in total. The summed E-state index contributed by atoms with van der Waals surface area (Å²) in [5.41, 5.74) is 2.00. The van der Waals surface area contributed by atoms with Crippen LogP contribution < -0.4 is 9.47 Å². The van der Waals surface area contributed by atoms with Crippen LogP contribution in [0.4, 0.5) is 0 Å². The smallest absolute Gasteiger partial charge is 0.228 e. The molecule has 4 rings (SSSR count). The Hall–Kier alpha value is -3.23. The van der Waals surface area contributed by atoms with E-state index in [4.69, 9.17) is 9.47 Å². The van der Waals surface area contributed by atoms with Crippen LogP contribution in [0.3, 0.4) is 0 Å². The second-order valence-corrected chi connectivity index (χ2v) is 11.3. The molecule has 0 amide bonds. The Morgan fingerprint density at radius 1 is 0.914 bits per heavy atom. The maximum absolute atomic E-state index is 12.6. The average Bonchev–Trinajstić information content (AvgIpc) is 3.31. The molecule has 1 aromatic heterocycles. The minimum atomic E-state index is -3.36. The van der Waals surface area contributed by atoms with Gasteiger partial charge < -0.3 is 9.47 Å². The molecule has 1 heterocycles. The number of aryl methyl sites for hydroxylation is 1. The molecule has 8 heteroatoms. The number of hydrogen-bond acceptors (Lipinski definition) is 7. The quantitative estimate of drug-likeness (QED) is 0.179. The number of hydrogen-bond donors (Lipinski definition) is 0. The van der Waals surface area contributed by atoms with Crippen molar-refractivity contribution in [1.29, 1.82) is 0 Å². The predicted octanol–water partition coefficient (Wildman–Crippen LogP) is 5.75. The van der Waals surface area contributed by atoms with Gasteiger partial charge in [-0.25, -0.2) is 13.4 Å². The number of ketones is 1. The first kappa shape index (κ1) is 24.9. The minimum absolute atomic E-state index is 0.114. The van der Waals surface area contributed by atoms with E-state index in [1.54, 1.807) is 25.3 Å². The highest BCUT2D eigenvalue weighted by atomic mass is 32.2. The van der Waals surface area contributed by atoms with Gasteiger partial charge in [-0.05, 0) is 67.3 Å². The second-order valence-electron chi connectivity index (χ2n) is 8.15. The lowest BCUT2D eigenvalue weighted by molar-refractivity contribution is 0.0921. The van der Waals surface area contributed by atoms with Crippen molar-refractivity contribution in [2.24, 2.45) is 0 Å². The van der Waals surface area contributed by atoms with Gasteiger partial charge in [0.05, 0.1) is 28.0 Å². The predicted molar refractivity (Wildman–Crippen MR) is 138 cm³/mol. The van der Waals surface area contributed by atoms with E-state index in [-0.39, 0.29) is 23.0 Å². The Bertz CT molecular complexity index is 1380. The lowest BCUT2D eigenvalue weighted by Gasteiger charge is -2.07. The van der Waals surface area contributed by atoms with E-state index in [1.165, 1.54) is 29.0 Å². The van der Waals surface area contributed by atoms with Crippen LogP contribution in [0.2, 0.25) is 0 Å². The molecular weight excluding hydrogens is 482 g/mol. The van der Waals surface area contributed by atoms with Crippen molar-refractivity contribution in [3.63, 3.8) is 0 Å². The number of benzene rings is 3. The van der Waals surface area contributed by atoms with Gasteiger partial charge in [0.25, 0.3) is 0 Å². The Labute approximate surface area is 209 Å². The van der Waals surface area contributed by atoms with E-state index in [1.807, 2.05) is 30.3 Å². The number of fused-ring (bicyclic) bond motifs is 1. The van der Waals surface area contributed by atoms with Crippen molar-refractivity contribution >= 4 is 37.2 Å². The highest BCUT2D eigenvalue weighted by Gasteiger charge is 2.16. The molecule has 0 aliphatic rings. The van der Waals surface area contributed by atoms with Crippen LogP contribution >= 0.6 is 11.3 Å². The molecular formula is C27H27NO5S2. The van der Waals surface area contributed by atoms with E-state index in [9.17, 15) is 13.2 Å². The molecule has 0 aliphatic carbocycles. The maximum atomic E-state index is 12.6. The summed E-state index contributed by atoms with van der Waals surface area (Å²) in [5, 5.41) is 0.361. The molecule has 0 unspecified atom stereocenters. The van der Waals surface area contributed by atoms with Crippen LogP contribution in [0.1, 0.15) is 34.6 Å². The summed E-state index contributed by atoms with van der Waals surface area (Å²) < 4.78 is 36.9. The number of Topliss-reactive ketones (excluding diaryl/α,β-unsaturated/α-hetero) is 1. The van der Waals surface area contributed by atoms with Crippen molar-refractivity contribution in [3.05, 3.63) is 83.4 Å². The first-order valence-corrected chi connectivity index (χ1v) is 13.9. The molecule has 0 saturated carbocycles. The van der Waals surface area contributed by atoms with Gasteiger partial charge in [-0.15, -0.1) is 11.3 Å². The number of methoxy groups -OCH3 is 1. The third-order valence-corrected chi connectivity index (χ3v) is 8.48. The maximum Gasteiger partial charge on any atom is 0.228 e. The fraction of sp³-hybridized carbons (Fsp3) is 0.259. The van der Waals surface area contributed by atoms with Crippen molar-refractivity contribution < 1.29 is 22.7 Å². The first-order valence-electron chi connectivity index (χ1n) is 11.4. The lowest BCUT2D eigenvalue weighted by Crippen LogP contribution is -2.11. The molecule has 35 heavy (non-hydrogen) atoms. The van der Waals surface area contributed by atoms with Crippen LogP contribution in [0.5, 0.6) is 11.5 Å². The average molecular weight is 510 g/mol. The van der Waals surface area contributed by atoms with E-state index in [0.29, 0.717) is 22.9 Å². The third kappa shape index (κ3) is 6.68. The SMILES string of the molecule is COc1ccc2nc(C(=O)COc3ccc(S(=O)(=O)CCCCCc4ccccc4)cc3)sc2c1. The third-order valence-electron chi connectivity index (χ3n) is 5.61. The molecule has 0 spiro atoms. The number of aromatic nitrogens is 1. The van der Waals surface area contributed by atoms with Crippen molar-refractivity contribution in [2.75, 3.05) is 19.5 Å². The van der Waals surface area contributed by atoms with E-state index >= 15 is 0 Å². The number of thiazole rings is 1. The van der Waals surface area contributed by atoms with Crippen LogP contribution in [-0.2, 0) is 16.3 Å². The van der Waals surface area contributed by atoms with Gasteiger partial charge in [-0.2, -0.15) is 0 Å². The zero-order chi connectivity index (χ0) is 24.7. The van der Waals surface area contributed by atoms with Gasteiger partial charge in [-0.3, -0.25) is 4.79 Å². The molecule has 182 valence electrons. The van der Waals surface area contributed by atoms with E-state index < -0.39 is 9.84 Å². The zero-order valence-corrected chi connectivity index (χ0v) is 21.1. The Balaban J connectivity index is 1.26. The number of carbonyl (C=O) groups is 1. The summed E-state index contributed by atoms with van der Waals surface area (Å²) in [6.45, 7) is -0.176. The number of carbonyl (C=O) groups excluding carboxylic acids is 1. The van der Waals surface area contributed by atoms with Gasteiger partial charge in [-0.1, -0.05) is 36.8 Å². The highest BCUT2D eigenvalue weighted by Crippen LogP contribution is 2.27. The summed E-state index contributed by atoms with van der Waals surface area (Å²) in [6.07, 6.45) is 3.39. The first-order chi connectivity index (χ1) is 16.9. The second kappa shape index (κ2) is 11.5. The van der Waals surface area contributed by atoms with E-state index in [0.717, 1.165) is 29.5 Å². The molecule has 6 nitrogen and oxygen atoms in total. The zero-order valence-electron chi connectivity index (χ0n) is 19.5. The van der Waals surface area contributed by atoms with Gasteiger partial charge in [0, 0.05) is 0 Å². The number of unbranched alkanes of at least 4 members (excludes halogenated alkanes) is 2. The van der Waals surface area contributed by atoms with Crippen LogP contribution in [-0.4, -0.2) is 38.7 Å². The van der Waals surface area contributed by atoms with Gasteiger partial charge in [0.2, 0.25) is 5.78 Å². The molecule has 0 saturated heterocycles. The van der Waals surface area contributed by atoms with Crippen LogP contribution in [0.15, 0.2) is 77.7 Å². The largest absolute Gasteiger partial charge is 0.497 e. The van der Waals surface area contributed by atoms with Crippen molar-refractivity contribution in [2.45, 2.75) is 30.6 Å². The summed E-state index contributed by atoms with van der Waals surface area (Å²) in [6, 6.07) is 21.9. The minimum Gasteiger partial charge on any atom is -0.497 e. The summed E-state index contributed by atoms with van der Waals surface area (Å²) in [5.74, 6) is 1.02. The van der Waals surface area contributed by atoms with E-state index in [2.05, 4.69) is 17.1 Å². The molecule has 0 radical (unpaired) electrons. The monoisotopic (exact) mass is 509 g/mol. The summed E-state index contributed by atoms with van der Waals surface area (Å²) >= 11 is 1.29. The molecule has 3 aromatic carbocycles. The topological polar surface area (TPSA) is 82.6 Å². The van der Waals surface area contributed by atoms with Gasteiger partial charge >= 0.3 is 0 Å². The molecule has 0 fully saturated rings.